The van der Waals surface area contributed by atoms with Crippen LogP contribution in [0, 0.1) is 0 Å². The molecule has 0 saturated carbocycles. The molecule has 134 valence electrons. The molecule has 1 unspecified atom stereocenters. The molecule has 1 aliphatic heterocycles. The third-order valence-electron chi connectivity index (χ3n) is 3.78. The van der Waals surface area contributed by atoms with E-state index >= 15 is 0 Å². The quantitative estimate of drug-likeness (QED) is 0.414. The predicted molar refractivity (Wildman–Crippen MR) is 109 cm³/mol. The molecule has 1 aromatic heterocycles. The molecular weight excluding hydrogens is 366 g/mol. The summed E-state index contributed by atoms with van der Waals surface area (Å²) in [7, 11) is 1.64. The summed E-state index contributed by atoms with van der Waals surface area (Å²) in [5, 5.41) is 10.8. The maximum atomic E-state index is 12.7. The lowest BCUT2D eigenvalue weighted by Gasteiger charge is -2.12. The van der Waals surface area contributed by atoms with E-state index in [1.54, 1.807) is 35.6 Å². The number of thioether (sulfide) groups is 1. The molecule has 1 fully saturated rings. The van der Waals surface area contributed by atoms with Crippen molar-refractivity contribution in [2.45, 2.75) is 11.7 Å². The van der Waals surface area contributed by atoms with E-state index < -0.39 is 0 Å². The molecule has 0 bridgehead atoms. The van der Waals surface area contributed by atoms with Gasteiger partial charge in [-0.3, -0.25) is 9.69 Å². The van der Waals surface area contributed by atoms with Crippen LogP contribution in [0.4, 0.5) is 0 Å². The minimum absolute atomic E-state index is 0.0378. The highest BCUT2D eigenvalue weighted by Crippen LogP contribution is 2.30. The second-order valence-corrected chi connectivity index (χ2v) is 7.69. The fourth-order valence-electron chi connectivity index (χ4n) is 2.49. The van der Waals surface area contributed by atoms with Crippen molar-refractivity contribution < 1.29 is 9.53 Å². The molecule has 1 aromatic carbocycles. The standard InChI is InChI=1S/C19H19N3O2S2/c1-3-10-22-18(23)17(12-14-6-8-15(24-2)9-7-14)26-19(22)21-20-13-16-5-4-11-25-16/h3-9,11,13,17H,1,10,12H2,2H3/b20-13+,21-19-. The van der Waals surface area contributed by atoms with Gasteiger partial charge in [0.15, 0.2) is 5.17 Å². The fourth-order valence-corrected chi connectivity index (χ4v) is 4.21. The number of thiophene rings is 1. The van der Waals surface area contributed by atoms with Gasteiger partial charge in [0.25, 0.3) is 0 Å². The number of benzene rings is 1. The number of amidine groups is 1. The number of hydrogen-bond donors (Lipinski definition) is 0. The molecule has 2 aromatic rings. The highest BCUT2D eigenvalue weighted by molar-refractivity contribution is 8.15. The summed E-state index contributed by atoms with van der Waals surface area (Å²) < 4.78 is 5.18. The minimum Gasteiger partial charge on any atom is -0.497 e. The molecule has 0 radical (unpaired) electrons. The van der Waals surface area contributed by atoms with Crippen LogP contribution in [-0.4, -0.2) is 41.1 Å². The lowest BCUT2D eigenvalue weighted by atomic mass is 10.1. The van der Waals surface area contributed by atoms with Crippen molar-refractivity contribution in [1.82, 2.24) is 4.90 Å². The molecule has 1 amide bonds. The van der Waals surface area contributed by atoms with Gasteiger partial charge in [-0.2, -0.15) is 5.10 Å². The van der Waals surface area contributed by atoms with E-state index in [4.69, 9.17) is 4.74 Å². The fraction of sp³-hybridized carbons (Fsp3) is 0.211. The molecule has 2 heterocycles. The van der Waals surface area contributed by atoms with E-state index in [0.29, 0.717) is 18.1 Å². The van der Waals surface area contributed by atoms with Gasteiger partial charge in [-0.05, 0) is 35.6 Å². The zero-order chi connectivity index (χ0) is 18.4. The number of amides is 1. The first kappa shape index (κ1) is 18.4. The van der Waals surface area contributed by atoms with Crippen LogP contribution in [0.15, 0.2) is 64.6 Å². The van der Waals surface area contributed by atoms with E-state index in [-0.39, 0.29) is 11.2 Å². The van der Waals surface area contributed by atoms with Crippen molar-refractivity contribution >= 4 is 40.4 Å². The summed E-state index contributed by atoms with van der Waals surface area (Å²) >= 11 is 3.04. The molecule has 1 saturated heterocycles. The molecule has 26 heavy (non-hydrogen) atoms. The van der Waals surface area contributed by atoms with Gasteiger partial charge in [0.1, 0.15) is 5.75 Å². The van der Waals surface area contributed by atoms with E-state index in [1.165, 1.54) is 11.8 Å². The van der Waals surface area contributed by atoms with E-state index in [2.05, 4.69) is 16.8 Å². The predicted octanol–water partition coefficient (Wildman–Crippen LogP) is 3.82. The summed E-state index contributed by atoms with van der Waals surface area (Å²) in [6.45, 7) is 4.16. The van der Waals surface area contributed by atoms with Crippen LogP contribution in [0.3, 0.4) is 0 Å². The molecule has 0 N–H and O–H groups in total. The van der Waals surface area contributed by atoms with Gasteiger partial charge < -0.3 is 4.74 Å². The first-order valence-corrected chi connectivity index (χ1v) is 9.83. The van der Waals surface area contributed by atoms with Crippen molar-refractivity contribution in [2.24, 2.45) is 10.2 Å². The zero-order valence-electron chi connectivity index (χ0n) is 14.4. The molecule has 3 rings (SSSR count). The molecule has 1 aliphatic rings. The molecule has 7 heteroatoms. The zero-order valence-corrected chi connectivity index (χ0v) is 16.0. The Morgan fingerprint density at radius 3 is 2.77 bits per heavy atom. The van der Waals surface area contributed by atoms with E-state index in [9.17, 15) is 4.79 Å². The van der Waals surface area contributed by atoms with Crippen molar-refractivity contribution in [2.75, 3.05) is 13.7 Å². The van der Waals surface area contributed by atoms with Gasteiger partial charge in [-0.1, -0.05) is 36.0 Å². The van der Waals surface area contributed by atoms with Crippen LogP contribution in [0.25, 0.3) is 0 Å². The van der Waals surface area contributed by atoms with Gasteiger partial charge in [-0.15, -0.1) is 23.0 Å². The highest BCUT2D eigenvalue weighted by Gasteiger charge is 2.37. The second kappa shape index (κ2) is 8.82. The summed E-state index contributed by atoms with van der Waals surface area (Å²) in [5.74, 6) is 0.841. The molecule has 1 atom stereocenters. The smallest absolute Gasteiger partial charge is 0.242 e. The molecule has 0 aliphatic carbocycles. The van der Waals surface area contributed by atoms with Crippen LogP contribution in [-0.2, 0) is 11.2 Å². The second-order valence-electron chi connectivity index (χ2n) is 5.54. The average Bonchev–Trinajstić information content (AvgIpc) is 3.27. The van der Waals surface area contributed by atoms with Crippen LogP contribution in [0.5, 0.6) is 5.75 Å². The summed E-state index contributed by atoms with van der Waals surface area (Å²) in [5.41, 5.74) is 1.08. The Balaban J connectivity index is 1.73. The molecule has 0 spiro atoms. The first-order chi connectivity index (χ1) is 12.7. The van der Waals surface area contributed by atoms with Gasteiger partial charge in [0, 0.05) is 11.4 Å². The van der Waals surface area contributed by atoms with Crippen molar-refractivity contribution in [3.05, 3.63) is 64.9 Å². The largest absolute Gasteiger partial charge is 0.497 e. The number of ether oxygens (including phenoxy) is 1. The maximum Gasteiger partial charge on any atom is 0.242 e. The highest BCUT2D eigenvalue weighted by atomic mass is 32.2. The normalized spacial score (nSPS) is 18.8. The Kier molecular flexibility index (Phi) is 6.25. The van der Waals surface area contributed by atoms with Gasteiger partial charge in [0.05, 0.1) is 18.6 Å². The molecule has 5 nitrogen and oxygen atoms in total. The third-order valence-corrected chi connectivity index (χ3v) is 5.76. The Bertz CT molecular complexity index is 814. The van der Waals surface area contributed by atoms with Crippen LogP contribution in [0.2, 0.25) is 0 Å². The minimum atomic E-state index is -0.209. The van der Waals surface area contributed by atoms with Crippen molar-refractivity contribution in [3.63, 3.8) is 0 Å². The van der Waals surface area contributed by atoms with Crippen molar-refractivity contribution in [1.29, 1.82) is 0 Å². The van der Waals surface area contributed by atoms with Crippen LogP contribution < -0.4 is 4.74 Å². The number of rotatable bonds is 7. The maximum absolute atomic E-state index is 12.7. The SMILES string of the molecule is C=CCN1C(=O)C(Cc2ccc(OC)cc2)S/C1=N\N=C\c1cccs1. The number of carbonyl (C=O) groups excluding carboxylic acids is 1. The molecular formula is C19H19N3O2S2. The summed E-state index contributed by atoms with van der Waals surface area (Å²) in [6, 6.07) is 11.7. The van der Waals surface area contributed by atoms with Crippen LogP contribution in [0.1, 0.15) is 10.4 Å². The van der Waals surface area contributed by atoms with Gasteiger partial charge in [0.2, 0.25) is 5.91 Å². The van der Waals surface area contributed by atoms with E-state index in [0.717, 1.165) is 16.2 Å². The van der Waals surface area contributed by atoms with Gasteiger partial charge >= 0.3 is 0 Å². The number of nitrogens with zero attached hydrogens (tertiary/aromatic N) is 3. The first-order valence-electron chi connectivity index (χ1n) is 8.07. The summed E-state index contributed by atoms with van der Waals surface area (Å²) in [4.78, 5) is 15.4. The Morgan fingerprint density at radius 1 is 1.31 bits per heavy atom. The third kappa shape index (κ3) is 4.42. The van der Waals surface area contributed by atoms with Crippen LogP contribution >= 0.6 is 23.1 Å². The Morgan fingerprint density at radius 2 is 2.12 bits per heavy atom. The lowest BCUT2D eigenvalue weighted by molar-refractivity contribution is -0.125. The van der Waals surface area contributed by atoms with E-state index in [1.807, 2.05) is 41.8 Å². The Hall–Kier alpha value is -2.38. The van der Waals surface area contributed by atoms with Gasteiger partial charge in [-0.25, -0.2) is 0 Å². The number of methoxy groups -OCH3 is 1. The lowest BCUT2D eigenvalue weighted by Crippen LogP contribution is -2.32. The van der Waals surface area contributed by atoms with Crippen molar-refractivity contribution in [3.8, 4) is 5.75 Å². The topological polar surface area (TPSA) is 54.3 Å². The number of carbonyl (C=O) groups is 1. The average molecular weight is 386 g/mol. The summed E-state index contributed by atoms with van der Waals surface area (Å²) in [6.07, 6.45) is 4.03. The number of hydrogen-bond acceptors (Lipinski definition) is 6. The monoisotopic (exact) mass is 385 g/mol. The Labute approximate surface area is 161 Å².